The summed E-state index contributed by atoms with van der Waals surface area (Å²) in [6.07, 6.45) is 0. The number of nitrogens with one attached hydrogen (secondary N) is 1. The second-order valence-corrected chi connectivity index (χ2v) is 28.3. The quantitative estimate of drug-likeness (QED) is 0.132. The number of hydrogen-bond acceptors (Lipinski definition) is 3. The molecule has 1 N–H and O–H groups in total. The smallest absolute Gasteiger partial charge is 0.321 e. The van der Waals surface area contributed by atoms with Crippen LogP contribution in [0.2, 0.25) is 36.3 Å². The van der Waals surface area contributed by atoms with E-state index in [-0.39, 0.29) is 0 Å². The standard InChI is InChI=1S/C36H51NO2Si4/c1-7-40(8-2,9-3)38-42(33-25-17-13-18-26-33,34-27-19-14-20-28-34)37-43(35-29-21-15-22-30-35,36-31-23-16-24-32-36)39-41(10-4,11-5)12-6/h13-32,37H,7-12H2,1-6H3. The van der Waals surface area contributed by atoms with Gasteiger partial charge in [-0.05, 0) is 57.0 Å². The van der Waals surface area contributed by atoms with Crippen molar-refractivity contribution in [2.45, 2.75) is 77.8 Å². The lowest BCUT2D eigenvalue weighted by Gasteiger charge is -2.49. The Kier molecular flexibility index (Phi) is 11.8. The van der Waals surface area contributed by atoms with Crippen LogP contribution in [0, 0.1) is 0 Å². The molecule has 4 aromatic rings. The minimum Gasteiger partial charge on any atom is -0.438 e. The van der Waals surface area contributed by atoms with Gasteiger partial charge in [-0.25, -0.2) is 0 Å². The molecule has 0 bridgehead atoms. The van der Waals surface area contributed by atoms with Gasteiger partial charge in [0.2, 0.25) is 0 Å². The van der Waals surface area contributed by atoms with E-state index in [1.165, 1.54) is 20.7 Å². The largest absolute Gasteiger partial charge is 0.438 e. The third kappa shape index (κ3) is 6.98. The Morgan fingerprint density at radius 3 is 0.767 bits per heavy atom. The Balaban J connectivity index is 2.15. The van der Waals surface area contributed by atoms with E-state index in [0.29, 0.717) is 0 Å². The maximum atomic E-state index is 8.00. The van der Waals surface area contributed by atoms with Gasteiger partial charge in [0.15, 0.2) is 16.6 Å². The molecule has 0 aliphatic rings. The topological polar surface area (TPSA) is 30.5 Å². The highest BCUT2D eigenvalue weighted by Crippen LogP contribution is 2.29. The van der Waals surface area contributed by atoms with Gasteiger partial charge in [-0.2, -0.15) is 0 Å². The summed E-state index contributed by atoms with van der Waals surface area (Å²) < 4.78 is 20.6. The minimum absolute atomic E-state index is 1.08. The summed E-state index contributed by atoms with van der Waals surface area (Å²) in [6.45, 7) is 14.0. The molecule has 43 heavy (non-hydrogen) atoms. The van der Waals surface area contributed by atoms with Crippen molar-refractivity contribution < 1.29 is 8.23 Å². The van der Waals surface area contributed by atoms with Crippen molar-refractivity contribution in [3.63, 3.8) is 0 Å². The van der Waals surface area contributed by atoms with E-state index in [9.17, 15) is 0 Å². The summed E-state index contributed by atoms with van der Waals surface area (Å²) in [6, 6.07) is 50.8. The molecule has 0 aliphatic carbocycles. The lowest BCUT2D eigenvalue weighted by molar-refractivity contribution is 0.504. The van der Waals surface area contributed by atoms with Gasteiger partial charge in [-0.15, -0.1) is 0 Å². The average Bonchev–Trinajstić information content (AvgIpc) is 3.10. The van der Waals surface area contributed by atoms with Gasteiger partial charge in [0.05, 0.1) is 0 Å². The molecule has 0 saturated heterocycles. The predicted molar refractivity (Wildman–Crippen MR) is 196 cm³/mol. The third-order valence-corrected chi connectivity index (χ3v) is 30.7. The fraction of sp³-hybridized carbons (Fsp3) is 0.333. The molecule has 7 heteroatoms. The van der Waals surface area contributed by atoms with Crippen LogP contribution in [0.15, 0.2) is 121 Å². The van der Waals surface area contributed by atoms with E-state index >= 15 is 0 Å². The molecule has 0 aromatic heterocycles. The molecule has 0 amide bonds. The first-order valence-electron chi connectivity index (χ1n) is 16.3. The van der Waals surface area contributed by atoms with Crippen LogP contribution in [-0.2, 0) is 8.23 Å². The zero-order valence-corrected chi connectivity index (χ0v) is 31.1. The maximum absolute atomic E-state index is 8.00. The molecule has 0 heterocycles. The Bertz CT molecular complexity index is 1160. The molecule has 0 spiro atoms. The maximum Gasteiger partial charge on any atom is 0.321 e. The molecule has 4 rings (SSSR count). The lowest BCUT2D eigenvalue weighted by atomic mass is 10.4. The van der Waals surface area contributed by atoms with Gasteiger partial charge in [-0.1, -0.05) is 163 Å². The molecule has 0 saturated carbocycles. The van der Waals surface area contributed by atoms with Gasteiger partial charge < -0.3 is 12.9 Å². The Labute approximate surface area is 265 Å². The van der Waals surface area contributed by atoms with Crippen molar-refractivity contribution in [2.75, 3.05) is 0 Å². The average molecular weight is 642 g/mol. The molecule has 0 atom stereocenters. The monoisotopic (exact) mass is 641 g/mol. The molecular weight excluding hydrogens is 591 g/mol. The van der Waals surface area contributed by atoms with Crippen LogP contribution in [0.1, 0.15) is 41.5 Å². The van der Waals surface area contributed by atoms with Crippen molar-refractivity contribution in [3.8, 4) is 0 Å². The summed E-state index contributed by atoms with van der Waals surface area (Å²) in [5, 5.41) is 5.05. The van der Waals surface area contributed by atoms with Crippen LogP contribution >= 0.6 is 0 Å². The molecule has 228 valence electrons. The van der Waals surface area contributed by atoms with Crippen LogP contribution < -0.4 is 25.4 Å². The first-order chi connectivity index (χ1) is 20.9. The highest BCUT2D eigenvalue weighted by atomic mass is 28.5. The van der Waals surface area contributed by atoms with Gasteiger partial charge in [0, 0.05) is 0 Å². The number of hydrogen-bond donors (Lipinski definition) is 1. The van der Waals surface area contributed by atoms with Crippen LogP contribution in [0.5, 0.6) is 0 Å². The zero-order valence-electron chi connectivity index (χ0n) is 27.1. The van der Waals surface area contributed by atoms with Crippen molar-refractivity contribution >= 4 is 54.3 Å². The van der Waals surface area contributed by atoms with E-state index in [4.69, 9.17) is 8.23 Å². The summed E-state index contributed by atoms with van der Waals surface area (Å²) >= 11 is 0. The van der Waals surface area contributed by atoms with Gasteiger partial charge in [0.1, 0.15) is 0 Å². The second kappa shape index (κ2) is 15.1. The Morgan fingerprint density at radius 2 is 0.581 bits per heavy atom. The molecule has 0 aliphatic heterocycles. The predicted octanol–water partition coefficient (Wildman–Crippen LogP) is 7.13. The van der Waals surface area contributed by atoms with Crippen molar-refractivity contribution in [1.82, 2.24) is 4.65 Å². The highest BCUT2D eigenvalue weighted by Gasteiger charge is 2.56. The van der Waals surface area contributed by atoms with Crippen molar-refractivity contribution in [3.05, 3.63) is 121 Å². The fourth-order valence-corrected chi connectivity index (χ4v) is 28.9. The lowest BCUT2D eigenvalue weighted by Crippen LogP contribution is -2.87. The molecular formula is C36H51NO2Si4. The molecule has 0 unspecified atom stereocenters. The first kappa shape index (κ1) is 33.5. The van der Waals surface area contributed by atoms with E-state index in [1.807, 2.05) is 0 Å². The highest BCUT2D eigenvalue weighted by molar-refractivity contribution is 7.13. The molecule has 0 radical (unpaired) electrons. The van der Waals surface area contributed by atoms with E-state index < -0.39 is 33.6 Å². The zero-order chi connectivity index (χ0) is 30.8. The molecule has 0 fully saturated rings. The second-order valence-electron chi connectivity index (χ2n) is 11.6. The summed E-state index contributed by atoms with van der Waals surface area (Å²) in [5.41, 5.74) is 0. The number of benzene rings is 4. The Morgan fingerprint density at radius 1 is 0.372 bits per heavy atom. The van der Waals surface area contributed by atoms with Crippen LogP contribution in [0.25, 0.3) is 0 Å². The SMILES string of the molecule is CC[Si](CC)(CC)O[Si](N[Si](O[Si](CC)(CC)CC)(c1ccccc1)c1ccccc1)(c1ccccc1)c1ccccc1. The van der Waals surface area contributed by atoms with E-state index in [2.05, 4.69) is 168 Å². The van der Waals surface area contributed by atoms with E-state index in [0.717, 1.165) is 36.3 Å². The summed E-state index contributed by atoms with van der Waals surface area (Å²) in [5.74, 6) is 0. The van der Waals surface area contributed by atoms with Gasteiger partial charge in [0.25, 0.3) is 0 Å². The summed E-state index contributed by atoms with van der Waals surface area (Å²) in [4.78, 5) is 0. The van der Waals surface area contributed by atoms with Crippen LogP contribution in [0.3, 0.4) is 0 Å². The van der Waals surface area contributed by atoms with Crippen LogP contribution in [-0.4, -0.2) is 33.6 Å². The fourth-order valence-electron chi connectivity index (χ4n) is 6.43. The van der Waals surface area contributed by atoms with Crippen molar-refractivity contribution in [1.29, 1.82) is 0 Å². The Hall–Kier alpha value is -2.37. The van der Waals surface area contributed by atoms with E-state index in [1.54, 1.807) is 0 Å². The number of rotatable bonds is 16. The third-order valence-electron chi connectivity index (χ3n) is 9.68. The van der Waals surface area contributed by atoms with Gasteiger partial charge >= 0.3 is 17.0 Å². The summed E-state index contributed by atoms with van der Waals surface area (Å²) in [7, 11) is -10.5. The first-order valence-corrected chi connectivity index (χ1v) is 25.2. The van der Waals surface area contributed by atoms with Crippen LogP contribution in [0.4, 0.5) is 0 Å². The minimum atomic E-state index is -3.11. The normalized spacial score (nSPS) is 12.8. The molecule has 3 nitrogen and oxygen atoms in total. The van der Waals surface area contributed by atoms with Gasteiger partial charge in [-0.3, -0.25) is 0 Å². The molecule has 4 aromatic carbocycles. The van der Waals surface area contributed by atoms with Crippen molar-refractivity contribution in [2.24, 2.45) is 0 Å².